The fourth-order valence-electron chi connectivity index (χ4n) is 1.44. The van der Waals surface area contributed by atoms with E-state index in [0.29, 0.717) is 5.15 Å². The van der Waals surface area contributed by atoms with Gasteiger partial charge in [0.2, 0.25) is 0 Å². The van der Waals surface area contributed by atoms with Crippen LogP contribution in [0.5, 0.6) is 0 Å². The van der Waals surface area contributed by atoms with Crippen LogP contribution in [0.4, 0.5) is 0 Å². The van der Waals surface area contributed by atoms with Crippen molar-refractivity contribution in [3.05, 3.63) is 58.6 Å². The summed E-state index contributed by atoms with van der Waals surface area (Å²) in [5.41, 5.74) is 2.49. The highest BCUT2D eigenvalue weighted by atomic mass is 35.5. The molecular formula is C12H11ClN2. The van der Waals surface area contributed by atoms with Crippen LogP contribution in [-0.2, 0) is 6.42 Å². The van der Waals surface area contributed by atoms with Crippen molar-refractivity contribution in [1.82, 2.24) is 9.97 Å². The van der Waals surface area contributed by atoms with Crippen LogP contribution in [0, 0.1) is 6.92 Å². The Morgan fingerprint density at radius 3 is 2.73 bits per heavy atom. The zero-order valence-electron chi connectivity index (χ0n) is 8.44. The Morgan fingerprint density at radius 1 is 1.20 bits per heavy atom. The number of halogens is 1. The van der Waals surface area contributed by atoms with Gasteiger partial charge in [-0.15, -0.1) is 0 Å². The van der Waals surface area contributed by atoms with Crippen LogP contribution in [0.1, 0.15) is 17.0 Å². The summed E-state index contributed by atoms with van der Waals surface area (Å²) >= 11 is 5.80. The summed E-state index contributed by atoms with van der Waals surface area (Å²) in [6.45, 7) is 2.08. The van der Waals surface area contributed by atoms with E-state index in [1.54, 1.807) is 12.3 Å². The van der Waals surface area contributed by atoms with Crippen molar-refractivity contribution in [3.8, 4) is 0 Å². The molecule has 0 radical (unpaired) electrons. The Bertz CT molecular complexity index is 469. The minimum atomic E-state index is 0.494. The molecule has 0 unspecified atom stereocenters. The van der Waals surface area contributed by atoms with Gasteiger partial charge in [0, 0.05) is 12.6 Å². The second-order valence-corrected chi connectivity index (χ2v) is 3.79. The number of nitrogens with zero attached hydrogens (tertiary/aromatic N) is 2. The maximum Gasteiger partial charge on any atom is 0.134 e. The lowest BCUT2D eigenvalue weighted by Crippen LogP contribution is -1.97. The molecule has 0 bridgehead atoms. The third-order valence-electron chi connectivity index (χ3n) is 2.28. The van der Waals surface area contributed by atoms with E-state index in [2.05, 4.69) is 29.0 Å². The molecule has 0 aliphatic heterocycles. The van der Waals surface area contributed by atoms with E-state index < -0.39 is 0 Å². The molecule has 3 heteroatoms. The molecule has 76 valence electrons. The second-order valence-electron chi connectivity index (χ2n) is 3.40. The molecule has 2 nitrogen and oxygen atoms in total. The summed E-state index contributed by atoms with van der Waals surface area (Å²) in [6.07, 6.45) is 2.41. The van der Waals surface area contributed by atoms with Crippen molar-refractivity contribution in [2.75, 3.05) is 0 Å². The monoisotopic (exact) mass is 218 g/mol. The van der Waals surface area contributed by atoms with Crippen molar-refractivity contribution < 1.29 is 0 Å². The highest BCUT2D eigenvalue weighted by Gasteiger charge is 2.02. The van der Waals surface area contributed by atoms with Gasteiger partial charge in [-0.2, -0.15) is 0 Å². The Hall–Kier alpha value is -1.41. The summed E-state index contributed by atoms with van der Waals surface area (Å²) < 4.78 is 0. The number of hydrogen-bond acceptors (Lipinski definition) is 2. The van der Waals surface area contributed by atoms with Crippen LogP contribution < -0.4 is 0 Å². The Balaban J connectivity index is 2.26. The Labute approximate surface area is 94.0 Å². The van der Waals surface area contributed by atoms with Gasteiger partial charge in [-0.1, -0.05) is 35.9 Å². The minimum Gasteiger partial charge on any atom is -0.241 e. The van der Waals surface area contributed by atoms with E-state index in [1.807, 2.05) is 12.1 Å². The molecule has 1 heterocycles. The summed E-state index contributed by atoms with van der Waals surface area (Å²) in [5, 5.41) is 0.494. The van der Waals surface area contributed by atoms with Crippen LogP contribution in [0.3, 0.4) is 0 Å². The van der Waals surface area contributed by atoms with Crippen LogP contribution >= 0.6 is 11.6 Å². The van der Waals surface area contributed by atoms with E-state index in [9.17, 15) is 0 Å². The zero-order chi connectivity index (χ0) is 10.7. The lowest BCUT2D eigenvalue weighted by atomic mass is 10.1. The summed E-state index contributed by atoms with van der Waals surface area (Å²) in [7, 11) is 0. The molecule has 2 rings (SSSR count). The van der Waals surface area contributed by atoms with Crippen molar-refractivity contribution >= 4 is 11.6 Å². The van der Waals surface area contributed by atoms with Gasteiger partial charge in [0.25, 0.3) is 0 Å². The molecule has 0 atom stereocenters. The molecule has 0 saturated heterocycles. The molecular weight excluding hydrogens is 208 g/mol. The maximum absolute atomic E-state index is 5.80. The number of rotatable bonds is 2. The van der Waals surface area contributed by atoms with Gasteiger partial charge in [-0.05, 0) is 24.1 Å². The summed E-state index contributed by atoms with van der Waals surface area (Å²) in [5.74, 6) is 0.761. The van der Waals surface area contributed by atoms with Crippen LogP contribution in [0.15, 0.2) is 36.5 Å². The van der Waals surface area contributed by atoms with Gasteiger partial charge in [-0.3, -0.25) is 0 Å². The fraction of sp³-hybridized carbons (Fsp3) is 0.167. The molecule has 0 saturated carbocycles. The lowest BCUT2D eigenvalue weighted by molar-refractivity contribution is 0.961. The largest absolute Gasteiger partial charge is 0.241 e. The topological polar surface area (TPSA) is 25.8 Å². The molecule has 1 aromatic heterocycles. The number of aryl methyl sites for hydroxylation is 1. The first-order valence-corrected chi connectivity index (χ1v) is 5.15. The molecule has 0 N–H and O–H groups in total. The van der Waals surface area contributed by atoms with Gasteiger partial charge in [-0.25, -0.2) is 9.97 Å². The van der Waals surface area contributed by atoms with E-state index in [0.717, 1.165) is 12.2 Å². The van der Waals surface area contributed by atoms with Crippen molar-refractivity contribution in [1.29, 1.82) is 0 Å². The van der Waals surface area contributed by atoms with Crippen molar-refractivity contribution in [3.63, 3.8) is 0 Å². The predicted molar refractivity (Wildman–Crippen MR) is 61.0 cm³/mol. The van der Waals surface area contributed by atoms with E-state index in [1.165, 1.54) is 11.1 Å². The average Bonchev–Trinajstić information content (AvgIpc) is 2.22. The molecule has 15 heavy (non-hydrogen) atoms. The van der Waals surface area contributed by atoms with Crippen LogP contribution in [-0.4, -0.2) is 9.97 Å². The highest BCUT2D eigenvalue weighted by molar-refractivity contribution is 6.29. The molecule has 0 spiro atoms. The fourth-order valence-corrected chi connectivity index (χ4v) is 1.59. The minimum absolute atomic E-state index is 0.494. The third kappa shape index (κ3) is 2.54. The van der Waals surface area contributed by atoms with Gasteiger partial charge in [0.1, 0.15) is 11.0 Å². The number of hydrogen-bond donors (Lipinski definition) is 0. The zero-order valence-corrected chi connectivity index (χ0v) is 9.20. The first-order chi connectivity index (χ1) is 7.25. The lowest BCUT2D eigenvalue weighted by Gasteiger charge is -2.03. The SMILES string of the molecule is Cc1ccccc1Cc1nccc(Cl)n1. The molecule has 2 aromatic rings. The Kier molecular flexibility index (Phi) is 2.97. The van der Waals surface area contributed by atoms with Crippen LogP contribution in [0.2, 0.25) is 5.15 Å². The van der Waals surface area contributed by atoms with Gasteiger partial charge >= 0.3 is 0 Å². The molecule has 0 fully saturated rings. The quantitative estimate of drug-likeness (QED) is 0.725. The standard InChI is InChI=1S/C12H11ClN2/c1-9-4-2-3-5-10(9)8-12-14-7-6-11(13)15-12/h2-7H,8H2,1H3. The summed E-state index contributed by atoms with van der Waals surface area (Å²) in [6, 6.07) is 9.90. The molecule has 0 amide bonds. The Morgan fingerprint density at radius 2 is 2.00 bits per heavy atom. The van der Waals surface area contributed by atoms with E-state index in [4.69, 9.17) is 11.6 Å². The van der Waals surface area contributed by atoms with Gasteiger partial charge in [0.15, 0.2) is 0 Å². The van der Waals surface area contributed by atoms with Crippen molar-refractivity contribution in [2.24, 2.45) is 0 Å². The third-order valence-corrected chi connectivity index (χ3v) is 2.49. The smallest absolute Gasteiger partial charge is 0.134 e. The molecule has 1 aromatic carbocycles. The second kappa shape index (κ2) is 4.41. The first-order valence-electron chi connectivity index (χ1n) is 4.77. The molecule has 0 aliphatic carbocycles. The molecule has 0 aliphatic rings. The van der Waals surface area contributed by atoms with E-state index in [-0.39, 0.29) is 0 Å². The van der Waals surface area contributed by atoms with Gasteiger partial charge in [0.05, 0.1) is 0 Å². The predicted octanol–water partition coefficient (Wildman–Crippen LogP) is 3.03. The van der Waals surface area contributed by atoms with Crippen LogP contribution in [0.25, 0.3) is 0 Å². The highest BCUT2D eigenvalue weighted by Crippen LogP contribution is 2.12. The summed E-state index contributed by atoms with van der Waals surface area (Å²) in [4.78, 5) is 8.34. The average molecular weight is 219 g/mol. The van der Waals surface area contributed by atoms with Crippen molar-refractivity contribution in [2.45, 2.75) is 13.3 Å². The normalized spacial score (nSPS) is 10.3. The maximum atomic E-state index is 5.80. The van der Waals surface area contributed by atoms with Gasteiger partial charge < -0.3 is 0 Å². The van der Waals surface area contributed by atoms with E-state index >= 15 is 0 Å². The number of aromatic nitrogens is 2. The first kappa shape index (κ1) is 10.1. The number of benzene rings is 1.